The van der Waals surface area contributed by atoms with Crippen molar-refractivity contribution in [3.05, 3.63) is 11.6 Å². The predicted molar refractivity (Wildman–Crippen MR) is 135 cm³/mol. The van der Waals surface area contributed by atoms with E-state index in [4.69, 9.17) is 4.74 Å². The molecule has 2 fully saturated rings. The van der Waals surface area contributed by atoms with E-state index >= 15 is 0 Å². The summed E-state index contributed by atoms with van der Waals surface area (Å²) in [4.78, 5) is 28.2. The zero-order valence-electron chi connectivity index (χ0n) is 21.9. The number of imide groups is 1. The molecule has 1 saturated carbocycles. The van der Waals surface area contributed by atoms with Crippen LogP contribution in [0.5, 0.6) is 0 Å². The summed E-state index contributed by atoms with van der Waals surface area (Å²) in [5.74, 6) is 0.447. The number of hydrogen-bond donors (Lipinski definition) is 0. The molecular formula is C27H48NO3Sn. The van der Waals surface area contributed by atoms with Gasteiger partial charge in [-0.3, -0.25) is 0 Å². The maximum absolute atomic E-state index is 13.9. The van der Waals surface area contributed by atoms with Gasteiger partial charge in [0.05, 0.1) is 0 Å². The molecule has 2 amide bonds. The molecule has 0 aromatic heterocycles. The summed E-state index contributed by atoms with van der Waals surface area (Å²) >= 11 is -2.62. The summed E-state index contributed by atoms with van der Waals surface area (Å²) in [5.41, 5.74) is -0.0844. The molecule has 0 spiro atoms. The van der Waals surface area contributed by atoms with Crippen LogP contribution in [-0.4, -0.2) is 47.4 Å². The molecule has 2 aliphatic rings. The molecule has 1 unspecified atom stereocenters. The van der Waals surface area contributed by atoms with E-state index < -0.39 is 35.5 Å². The molecule has 1 heterocycles. The third-order valence-electron chi connectivity index (χ3n) is 7.18. The Morgan fingerprint density at radius 3 is 1.97 bits per heavy atom. The van der Waals surface area contributed by atoms with E-state index in [1.807, 2.05) is 20.8 Å². The third kappa shape index (κ3) is 7.50. The Balaban J connectivity index is 2.40. The molecule has 0 N–H and O–H groups in total. The number of rotatable bonds is 12. The van der Waals surface area contributed by atoms with Crippen molar-refractivity contribution >= 4 is 30.4 Å². The number of ether oxygens (including phenoxy) is 1. The number of hydrogen-bond acceptors (Lipinski definition) is 3. The van der Waals surface area contributed by atoms with Crippen LogP contribution in [-0.2, 0) is 9.53 Å². The van der Waals surface area contributed by atoms with Crippen molar-refractivity contribution in [2.24, 2.45) is 11.3 Å². The standard InChI is InChI=1S/C15H21NO3.3C4H9.Sn/c1-14(2,3)19-13(18)16-9-11(8-10-6-7-10)15(4,5)12(16)17;3*1-3-4-2;/h10H,4,6-7,9H2,1-3,5H3;3*1,3-4H2,2H3;. The first-order valence-corrected chi connectivity index (χ1v) is 21.3. The molecule has 1 atom stereocenters. The van der Waals surface area contributed by atoms with Crippen LogP contribution >= 0.6 is 0 Å². The average Bonchev–Trinajstić information content (AvgIpc) is 3.50. The summed E-state index contributed by atoms with van der Waals surface area (Å²) in [6, 6.07) is 0. The molecule has 0 aromatic carbocycles. The zero-order valence-corrected chi connectivity index (χ0v) is 24.8. The van der Waals surface area contributed by atoms with Crippen molar-refractivity contribution in [2.45, 2.75) is 123 Å². The maximum atomic E-state index is 13.9. The summed E-state index contributed by atoms with van der Waals surface area (Å²) in [7, 11) is 0. The average molecular weight is 553 g/mol. The molecule has 4 nitrogen and oxygen atoms in total. The van der Waals surface area contributed by atoms with Gasteiger partial charge in [-0.1, -0.05) is 0 Å². The van der Waals surface area contributed by atoms with E-state index in [1.54, 1.807) is 0 Å². The topological polar surface area (TPSA) is 46.6 Å². The molecular weight excluding hydrogens is 505 g/mol. The molecule has 183 valence electrons. The van der Waals surface area contributed by atoms with Crippen LogP contribution in [0.3, 0.4) is 0 Å². The molecule has 32 heavy (non-hydrogen) atoms. The normalized spacial score (nSPS) is 23.3. The second-order valence-corrected chi connectivity index (χ2v) is 25.4. The van der Waals surface area contributed by atoms with Crippen LogP contribution < -0.4 is 0 Å². The second-order valence-electron chi connectivity index (χ2n) is 11.6. The van der Waals surface area contributed by atoms with E-state index in [0.717, 1.165) is 22.9 Å². The van der Waals surface area contributed by atoms with Gasteiger partial charge in [0.2, 0.25) is 0 Å². The van der Waals surface area contributed by atoms with Gasteiger partial charge in [-0.25, -0.2) is 0 Å². The SMILES string of the molecule is CCC[CH2][Sn]([CH2]CCC)([CH2]CCC)[CH2]C1(C)C(=O)N(C(=O)OC(C)(C)C)CC1=[C]C1CC1. The number of nitrogens with zero attached hydrogens (tertiary/aromatic N) is 1. The Kier molecular flexibility index (Phi) is 10.2. The fraction of sp³-hybridized carbons (Fsp3) is 0.852. The third-order valence-corrected chi connectivity index (χ3v) is 23.4. The first-order valence-electron chi connectivity index (χ1n) is 13.2. The molecule has 2 rings (SSSR count). The Labute approximate surface area is 201 Å². The van der Waals surface area contributed by atoms with Gasteiger partial charge in [0.1, 0.15) is 0 Å². The van der Waals surface area contributed by atoms with Crippen LogP contribution in [0.1, 0.15) is 99.8 Å². The predicted octanol–water partition coefficient (Wildman–Crippen LogP) is 7.76. The van der Waals surface area contributed by atoms with Gasteiger partial charge in [-0.15, -0.1) is 0 Å². The molecule has 1 radical (unpaired) electrons. The molecule has 0 bridgehead atoms. The van der Waals surface area contributed by atoms with Crippen LogP contribution in [0.2, 0.25) is 17.7 Å². The van der Waals surface area contributed by atoms with Crippen LogP contribution in [0, 0.1) is 17.4 Å². The Morgan fingerprint density at radius 1 is 1.06 bits per heavy atom. The van der Waals surface area contributed by atoms with Gasteiger partial charge in [0.15, 0.2) is 0 Å². The summed E-state index contributed by atoms with van der Waals surface area (Å²) in [6.45, 7) is 15.0. The van der Waals surface area contributed by atoms with E-state index in [0.29, 0.717) is 12.5 Å². The van der Waals surface area contributed by atoms with Crippen molar-refractivity contribution < 1.29 is 14.3 Å². The van der Waals surface area contributed by atoms with E-state index in [9.17, 15) is 9.59 Å². The second kappa shape index (κ2) is 11.7. The minimum absolute atomic E-state index is 0.0273. The fourth-order valence-electron chi connectivity index (χ4n) is 5.20. The number of carbonyl (C=O) groups excluding carboxylic acids is 2. The monoisotopic (exact) mass is 554 g/mol. The van der Waals surface area contributed by atoms with Gasteiger partial charge in [0, 0.05) is 0 Å². The van der Waals surface area contributed by atoms with E-state index in [2.05, 4.69) is 33.8 Å². The van der Waals surface area contributed by atoms with E-state index in [-0.39, 0.29) is 5.91 Å². The first-order chi connectivity index (χ1) is 15.0. The number of likely N-dealkylation sites (tertiary alicyclic amines) is 1. The van der Waals surface area contributed by atoms with Gasteiger partial charge >= 0.3 is 202 Å². The number of carbonyl (C=O) groups is 2. The summed E-state index contributed by atoms with van der Waals surface area (Å²) < 4.78 is 10.8. The van der Waals surface area contributed by atoms with Crippen molar-refractivity contribution in [2.75, 3.05) is 6.54 Å². The van der Waals surface area contributed by atoms with Crippen molar-refractivity contribution in [3.8, 4) is 0 Å². The van der Waals surface area contributed by atoms with Crippen molar-refractivity contribution in [3.63, 3.8) is 0 Å². The van der Waals surface area contributed by atoms with Gasteiger partial charge in [-0.2, -0.15) is 0 Å². The van der Waals surface area contributed by atoms with Crippen LogP contribution in [0.4, 0.5) is 4.79 Å². The van der Waals surface area contributed by atoms with Crippen LogP contribution in [0.25, 0.3) is 0 Å². The first kappa shape index (κ1) is 27.7. The summed E-state index contributed by atoms with van der Waals surface area (Å²) in [6.07, 6.45) is 13.1. The van der Waals surface area contributed by atoms with Crippen molar-refractivity contribution in [1.29, 1.82) is 0 Å². The fourth-order valence-corrected chi connectivity index (χ4v) is 23.6. The molecule has 0 aromatic rings. The molecule has 1 aliphatic heterocycles. The number of unbranched alkanes of at least 4 members (excludes halogenated alkanes) is 3. The quantitative estimate of drug-likeness (QED) is 0.232. The Bertz CT molecular complexity index is 655. The molecule has 5 heteroatoms. The molecule has 1 aliphatic carbocycles. The van der Waals surface area contributed by atoms with Crippen molar-refractivity contribution in [1.82, 2.24) is 4.90 Å². The van der Waals surface area contributed by atoms with Gasteiger partial charge < -0.3 is 0 Å². The molecule has 1 saturated heterocycles. The van der Waals surface area contributed by atoms with Crippen LogP contribution in [0.15, 0.2) is 5.57 Å². The number of amides is 2. The Morgan fingerprint density at radius 2 is 1.56 bits per heavy atom. The van der Waals surface area contributed by atoms with Gasteiger partial charge in [0.25, 0.3) is 0 Å². The van der Waals surface area contributed by atoms with Gasteiger partial charge in [-0.05, 0) is 0 Å². The van der Waals surface area contributed by atoms with E-state index in [1.165, 1.54) is 56.7 Å². The Hall–Kier alpha value is -0.521. The minimum atomic E-state index is -2.62. The summed E-state index contributed by atoms with van der Waals surface area (Å²) in [5, 5.41) is 0. The number of allylic oxidation sites excluding steroid dienone is 1. The zero-order chi connectivity index (χ0) is 24.0.